The molecule has 4 heteroatoms. The van der Waals surface area contributed by atoms with Gasteiger partial charge in [0.1, 0.15) is 0 Å². The number of nitrogens with two attached hydrogens (primary N) is 1. The van der Waals surface area contributed by atoms with E-state index in [9.17, 15) is 4.79 Å². The molecular weight excluding hydrogens is 260 g/mol. The lowest BCUT2D eigenvalue weighted by molar-refractivity contribution is -0.130. The second-order valence-electron chi connectivity index (χ2n) is 5.35. The van der Waals surface area contributed by atoms with Crippen LogP contribution in [0.5, 0.6) is 0 Å². The van der Waals surface area contributed by atoms with Gasteiger partial charge in [0.2, 0.25) is 5.91 Å². The van der Waals surface area contributed by atoms with Crippen LogP contribution in [-0.4, -0.2) is 23.4 Å². The molecule has 2 rings (SSSR count). The Morgan fingerprint density at radius 3 is 2.32 bits per heavy atom. The number of rotatable bonds is 5. The topological polar surface area (TPSA) is 46.3 Å². The third kappa shape index (κ3) is 4.22. The Kier molecular flexibility index (Phi) is 5.83. The van der Waals surface area contributed by atoms with Crippen LogP contribution in [0.3, 0.4) is 0 Å². The molecule has 0 bridgehead atoms. The van der Waals surface area contributed by atoms with Crippen molar-refractivity contribution in [3.05, 3.63) is 35.4 Å². The number of benzene rings is 1. The Labute approximate surface area is 121 Å². The van der Waals surface area contributed by atoms with Gasteiger partial charge in [-0.15, -0.1) is 12.4 Å². The van der Waals surface area contributed by atoms with Crippen molar-refractivity contribution >= 4 is 18.3 Å². The van der Waals surface area contributed by atoms with Crippen molar-refractivity contribution in [3.63, 3.8) is 0 Å². The van der Waals surface area contributed by atoms with Gasteiger partial charge >= 0.3 is 0 Å². The van der Waals surface area contributed by atoms with Crippen LogP contribution in [0.15, 0.2) is 24.3 Å². The normalized spacial score (nSPS) is 14.1. The van der Waals surface area contributed by atoms with Gasteiger partial charge in [-0.05, 0) is 29.9 Å². The van der Waals surface area contributed by atoms with Crippen LogP contribution in [0.25, 0.3) is 0 Å². The molecule has 0 radical (unpaired) electrons. The van der Waals surface area contributed by atoms with E-state index in [1.807, 2.05) is 4.90 Å². The lowest BCUT2D eigenvalue weighted by Gasteiger charge is -2.22. The highest BCUT2D eigenvalue weighted by Gasteiger charge is 2.31. The van der Waals surface area contributed by atoms with Crippen LogP contribution in [0.1, 0.15) is 43.7 Å². The van der Waals surface area contributed by atoms with Crippen molar-refractivity contribution in [1.82, 2.24) is 4.90 Å². The molecule has 0 spiro atoms. The Hall–Kier alpha value is -1.06. The molecule has 0 unspecified atom stereocenters. The summed E-state index contributed by atoms with van der Waals surface area (Å²) in [4.78, 5) is 13.7. The zero-order valence-corrected chi connectivity index (χ0v) is 12.5. The molecule has 19 heavy (non-hydrogen) atoms. The second-order valence-corrected chi connectivity index (χ2v) is 5.35. The quantitative estimate of drug-likeness (QED) is 0.902. The lowest BCUT2D eigenvalue weighted by atomic mass is 10.0. The number of halogens is 1. The number of hydrogen-bond acceptors (Lipinski definition) is 2. The van der Waals surface area contributed by atoms with Crippen molar-refractivity contribution in [3.8, 4) is 0 Å². The van der Waals surface area contributed by atoms with Crippen LogP contribution >= 0.6 is 12.4 Å². The number of carbonyl (C=O) groups is 1. The molecule has 1 aliphatic carbocycles. The van der Waals surface area contributed by atoms with Gasteiger partial charge in [-0.1, -0.05) is 38.1 Å². The second kappa shape index (κ2) is 6.92. The Morgan fingerprint density at radius 2 is 1.89 bits per heavy atom. The standard InChI is InChI=1S/C15H22N2O.ClH/c1-11(2)13-5-3-12(4-6-13)10-17(14-7-8-14)15(18)9-16;/h3-6,11,14H,7-10,16H2,1-2H3;1H. The molecule has 1 aromatic rings. The van der Waals surface area contributed by atoms with Crippen LogP contribution in [0, 0.1) is 0 Å². The van der Waals surface area contributed by atoms with E-state index in [1.165, 1.54) is 11.1 Å². The summed E-state index contributed by atoms with van der Waals surface area (Å²) < 4.78 is 0. The highest BCUT2D eigenvalue weighted by atomic mass is 35.5. The van der Waals surface area contributed by atoms with E-state index in [1.54, 1.807) is 0 Å². The molecule has 106 valence electrons. The summed E-state index contributed by atoms with van der Waals surface area (Å²) in [6.45, 7) is 5.17. The van der Waals surface area contributed by atoms with E-state index in [4.69, 9.17) is 5.73 Å². The third-order valence-corrected chi connectivity index (χ3v) is 3.48. The van der Waals surface area contributed by atoms with Gasteiger partial charge in [-0.2, -0.15) is 0 Å². The summed E-state index contributed by atoms with van der Waals surface area (Å²) in [5.41, 5.74) is 7.99. The average molecular weight is 283 g/mol. The van der Waals surface area contributed by atoms with Crippen LogP contribution < -0.4 is 5.73 Å². The molecule has 2 N–H and O–H groups in total. The molecule has 0 aromatic heterocycles. The number of carbonyl (C=O) groups excluding carboxylic acids is 1. The maximum absolute atomic E-state index is 11.8. The van der Waals surface area contributed by atoms with Crippen LogP contribution in [-0.2, 0) is 11.3 Å². The molecule has 3 nitrogen and oxygen atoms in total. The highest BCUT2D eigenvalue weighted by Crippen LogP contribution is 2.28. The zero-order valence-electron chi connectivity index (χ0n) is 11.6. The number of amides is 1. The molecule has 0 atom stereocenters. The average Bonchev–Trinajstić information content (AvgIpc) is 3.20. The lowest BCUT2D eigenvalue weighted by Crippen LogP contribution is -2.37. The first-order chi connectivity index (χ1) is 8.61. The van der Waals surface area contributed by atoms with Crippen LogP contribution in [0.2, 0.25) is 0 Å². The predicted molar refractivity (Wildman–Crippen MR) is 80.4 cm³/mol. The summed E-state index contributed by atoms with van der Waals surface area (Å²) in [6, 6.07) is 8.96. The van der Waals surface area contributed by atoms with Crippen molar-refractivity contribution in [2.75, 3.05) is 6.54 Å². The van der Waals surface area contributed by atoms with E-state index in [-0.39, 0.29) is 24.9 Å². The van der Waals surface area contributed by atoms with Crippen molar-refractivity contribution in [2.45, 2.75) is 45.2 Å². The van der Waals surface area contributed by atoms with Gasteiger partial charge in [0.15, 0.2) is 0 Å². The first kappa shape index (κ1) is 16.0. The summed E-state index contributed by atoms with van der Waals surface area (Å²) in [5.74, 6) is 0.606. The van der Waals surface area contributed by atoms with Gasteiger partial charge in [0.05, 0.1) is 6.54 Å². The van der Waals surface area contributed by atoms with Crippen molar-refractivity contribution in [2.24, 2.45) is 5.73 Å². The van der Waals surface area contributed by atoms with E-state index in [2.05, 4.69) is 38.1 Å². The molecule has 0 saturated heterocycles. The molecule has 0 heterocycles. The number of hydrogen-bond donors (Lipinski definition) is 1. The van der Waals surface area contributed by atoms with Crippen molar-refractivity contribution < 1.29 is 4.79 Å². The summed E-state index contributed by atoms with van der Waals surface area (Å²) >= 11 is 0. The molecular formula is C15H23ClN2O. The van der Waals surface area contributed by atoms with Gasteiger partial charge in [0, 0.05) is 12.6 Å². The minimum absolute atomic E-state index is 0. The van der Waals surface area contributed by atoms with E-state index < -0.39 is 0 Å². The summed E-state index contributed by atoms with van der Waals surface area (Å²) in [6.07, 6.45) is 2.24. The van der Waals surface area contributed by atoms with E-state index in [0.717, 1.165) is 12.8 Å². The first-order valence-electron chi connectivity index (χ1n) is 6.70. The van der Waals surface area contributed by atoms with Gasteiger partial charge in [-0.3, -0.25) is 4.79 Å². The van der Waals surface area contributed by atoms with Crippen LogP contribution in [0.4, 0.5) is 0 Å². The first-order valence-corrected chi connectivity index (χ1v) is 6.70. The number of nitrogens with zero attached hydrogens (tertiary/aromatic N) is 1. The molecule has 0 aliphatic heterocycles. The largest absolute Gasteiger partial charge is 0.334 e. The predicted octanol–water partition coefficient (Wildman–Crippen LogP) is 2.68. The maximum atomic E-state index is 11.8. The molecule has 1 saturated carbocycles. The molecule has 1 amide bonds. The highest BCUT2D eigenvalue weighted by molar-refractivity contribution is 5.85. The minimum atomic E-state index is 0. The Balaban J connectivity index is 0.00000180. The smallest absolute Gasteiger partial charge is 0.236 e. The molecule has 1 fully saturated rings. The fourth-order valence-corrected chi connectivity index (χ4v) is 2.13. The molecule has 1 aliphatic rings. The van der Waals surface area contributed by atoms with E-state index >= 15 is 0 Å². The van der Waals surface area contributed by atoms with Crippen molar-refractivity contribution in [1.29, 1.82) is 0 Å². The van der Waals surface area contributed by atoms with Gasteiger partial charge in [-0.25, -0.2) is 0 Å². The van der Waals surface area contributed by atoms with E-state index in [0.29, 0.717) is 18.5 Å². The zero-order chi connectivity index (χ0) is 13.1. The van der Waals surface area contributed by atoms with Gasteiger partial charge in [0.25, 0.3) is 0 Å². The monoisotopic (exact) mass is 282 g/mol. The fraction of sp³-hybridized carbons (Fsp3) is 0.533. The fourth-order valence-electron chi connectivity index (χ4n) is 2.13. The summed E-state index contributed by atoms with van der Waals surface area (Å²) in [7, 11) is 0. The summed E-state index contributed by atoms with van der Waals surface area (Å²) in [5, 5.41) is 0. The SMILES string of the molecule is CC(C)c1ccc(CN(C(=O)CN)C2CC2)cc1.Cl. The van der Waals surface area contributed by atoms with Gasteiger partial charge < -0.3 is 10.6 Å². The third-order valence-electron chi connectivity index (χ3n) is 3.48. The minimum Gasteiger partial charge on any atom is -0.334 e. The molecule has 1 aromatic carbocycles. The maximum Gasteiger partial charge on any atom is 0.236 e. The Bertz CT molecular complexity index is 413. The Morgan fingerprint density at radius 1 is 1.32 bits per heavy atom.